The minimum Gasteiger partial charge on any atom is -0.352 e. The normalized spacial score (nSPS) is 10.4. The van der Waals surface area contributed by atoms with Gasteiger partial charge in [-0.3, -0.25) is 0 Å². The van der Waals surface area contributed by atoms with E-state index in [4.69, 9.17) is 0 Å². The van der Waals surface area contributed by atoms with Gasteiger partial charge in [0.1, 0.15) is 0 Å². The van der Waals surface area contributed by atoms with Crippen molar-refractivity contribution in [1.82, 2.24) is 9.97 Å². The Hall–Kier alpha value is -2.55. The number of rotatable bonds is 4. The van der Waals surface area contributed by atoms with Crippen LogP contribution < -0.4 is 5.32 Å². The molecule has 3 nitrogen and oxygen atoms in total. The molecule has 0 fully saturated rings. The van der Waals surface area contributed by atoms with E-state index in [0.717, 1.165) is 29.4 Å². The summed E-state index contributed by atoms with van der Waals surface area (Å²) in [5, 5.41) is 3.33. The maximum atomic E-state index is 4.63. The van der Waals surface area contributed by atoms with E-state index in [9.17, 15) is 0 Å². The maximum absolute atomic E-state index is 4.63. The van der Waals surface area contributed by atoms with Gasteiger partial charge in [-0.05, 0) is 12.5 Å². The molecular formula is C17H17N3. The van der Waals surface area contributed by atoms with E-state index >= 15 is 0 Å². The van der Waals surface area contributed by atoms with Crippen LogP contribution in [-0.2, 0) is 6.54 Å². The molecule has 0 aliphatic rings. The van der Waals surface area contributed by atoms with Crippen LogP contribution in [0.2, 0.25) is 0 Å². The Morgan fingerprint density at radius 2 is 1.60 bits per heavy atom. The molecule has 0 aliphatic heterocycles. The zero-order valence-corrected chi connectivity index (χ0v) is 11.4. The van der Waals surface area contributed by atoms with Crippen molar-refractivity contribution in [3.05, 3.63) is 71.9 Å². The fourth-order valence-corrected chi connectivity index (χ4v) is 2.20. The second-order valence-electron chi connectivity index (χ2n) is 4.76. The minimum atomic E-state index is 0.766. The quantitative estimate of drug-likeness (QED) is 0.747. The zero-order chi connectivity index (χ0) is 13.8. The van der Waals surface area contributed by atoms with E-state index < -0.39 is 0 Å². The van der Waals surface area contributed by atoms with Crippen molar-refractivity contribution in [3.8, 4) is 11.3 Å². The van der Waals surface area contributed by atoms with Crippen molar-refractivity contribution < 1.29 is 0 Å². The molecule has 3 aromatic rings. The van der Waals surface area contributed by atoms with Crippen LogP contribution in [0.25, 0.3) is 11.3 Å². The van der Waals surface area contributed by atoms with E-state index in [1.807, 2.05) is 43.3 Å². The minimum absolute atomic E-state index is 0.766. The first-order chi connectivity index (χ1) is 9.83. The Kier molecular flexibility index (Phi) is 3.50. The summed E-state index contributed by atoms with van der Waals surface area (Å²) >= 11 is 0. The highest BCUT2D eigenvalue weighted by molar-refractivity contribution is 5.63. The molecule has 0 radical (unpaired) electrons. The van der Waals surface area contributed by atoms with Crippen LogP contribution in [0.3, 0.4) is 0 Å². The van der Waals surface area contributed by atoms with Crippen molar-refractivity contribution in [2.45, 2.75) is 13.5 Å². The van der Waals surface area contributed by atoms with Crippen molar-refractivity contribution in [2.75, 3.05) is 5.32 Å². The third-order valence-corrected chi connectivity index (χ3v) is 3.23. The monoisotopic (exact) mass is 263 g/mol. The molecule has 0 amide bonds. The van der Waals surface area contributed by atoms with Gasteiger partial charge in [-0.1, -0.05) is 60.7 Å². The second kappa shape index (κ2) is 5.61. The fourth-order valence-electron chi connectivity index (χ4n) is 2.20. The average molecular weight is 263 g/mol. The third kappa shape index (κ3) is 2.72. The lowest BCUT2D eigenvalue weighted by atomic mass is 10.1. The number of H-pyrrole nitrogens is 1. The predicted octanol–water partition coefficient (Wildman–Crippen LogP) is 4.00. The summed E-state index contributed by atoms with van der Waals surface area (Å²) in [5.41, 5.74) is 4.45. The van der Waals surface area contributed by atoms with Gasteiger partial charge in [0.15, 0.2) is 0 Å². The smallest absolute Gasteiger partial charge is 0.201 e. The standard InChI is InChI=1S/C17H17N3/c1-13-16(15-10-6-3-7-11-15)20-17(19-13)18-12-14-8-4-2-5-9-14/h2-11H,12H2,1H3,(H2,18,19,20). The molecule has 2 aromatic carbocycles. The molecule has 0 saturated heterocycles. The van der Waals surface area contributed by atoms with E-state index in [1.165, 1.54) is 5.56 Å². The molecule has 0 bridgehead atoms. The lowest BCUT2D eigenvalue weighted by Crippen LogP contribution is -2.00. The second-order valence-corrected chi connectivity index (χ2v) is 4.76. The van der Waals surface area contributed by atoms with Crippen molar-refractivity contribution in [3.63, 3.8) is 0 Å². The number of hydrogen-bond donors (Lipinski definition) is 2. The van der Waals surface area contributed by atoms with Gasteiger partial charge in [-0.2, -0.15) is 0 Å². The molecule has 2 N–H and O–H groups in total. The predicted molar refractivity (Wildman–Crippen MR) is 82.5 cm³/mol. The molecule has 0 unspecified atom stereocenters. The Labute approximate surface area is 118 Å². The number of nitrogens with zero attached hydrogens (tertiary/aromatic N) is 1. The van der Waals surface area contributed by atoms with Gasteiger partial charge in [0.25, 0.3) is 0 Å². The van der Waals surface area contributed by atoms with Gasteiger partial charge in [-0.15, -0.1) is 0 Å². The highest BCUT2D eigenvalue weighted by Gasteiger charge is 2.08. The van der Waals surface area contributed by atoms with Crippen molar-refractivity contribution in [1.29, 1.82) is 0 Å². The van der Waals surface area contributed by atoms with Crippen molar-refractivity contribution >= 4 is 5.95 Å². The Bertz CT molecular complexity index is 672. The first-order valence-corrected chi connectivity index (χ1v) is 6.73. The fraction of sp³-hybridized carbons (Fsp3) is 0.118. The van der Waals surface area contributed by atoms with Crippen LogP contribution in [0.4, 0.5) is 5.95 Å². The van der Waals surface area contributed by atoms with E-state index in [2.05, 4.69) is 39.6 Å². The number of hydrogen-bond acceptors (Lipinski definition) is 2. The molecule has 0 spiro atoms. The SMILES string of the molecule is Cc1[nH]c(NCc2ccccc2)nc1-c1ccccc1. The van der Waals surface area contributed by atoms with Gasteiger partial charge in [0, 0.05) is 17.8 Å². The number of aryl methyl sites for hydroxylation is 1. The summed E-state index contributed by atoms with van der Waals surface area (Å²) in [5.74, 6) is 0.810. The molecule has 0 atom stereocenters. The van der Waals surface area contributed by atoms with Gasteiger partial charge in [0.2, 0.25) is 5.95 Å². The number of nitrogens with one attached hydrogen (secondary N) is 2. The topological polar surface area (TPSA) is 40.7 Å². The highest BCUT2D eigenvalue weighted by Crippen LogP contribution is 2.22. The summed E-state index contributed by atoms with van der Waals surface area (Å²) < 4.78 is 0. The van der Waals surface area contributed by atoms with Gasteiger partial charge < -0.3 is 10.3 Å². The van der Waals surface area contributed by atoms with Gasteiger partial charge >= 0.3 is 0 Å². The molecule has 1 aromatic heterocycles. The Morgan fingerprint density at radius 1 is 0.950 bits per heavy atom. The first kappa shape index (κ1) is 12.5. The highest BCUT2D eigenvalue weighted by atomic mass is 15.1. The number of benzene rings is 2. The summed E-state index contributed by atoms with van der Waals surface area (Å²) in [6.07, 6.45) is 0. The lowest BCUT2D eigenvalue weighted by Gasteiger charge is -2.02. The summed E-state index contributed by atoms with van der Waals surface area (Å²) in [4.78, 5) is 7.92. The van der Waals surface area contributed by atoms with Crippen LogP contribution in [-0.4, -0.2) is 9.97 Å². The van der Waals surface area contributed by atoms with Gasteiger partial charge in [0.05, 0.1) is 5.69 Å². The van der Waals surface area contributed by atoms with E-state index in [-0.39, 0.29) is 0 Å². The summed E-state index contributed by atoms with van der Waals surface area (Å²) in [7, 11) is 0. The van der Waals surface area contributed by atoms with Crippen molar-refractivity contribution in [2.24, 2.45) is 0 Å². The number of imidazole rings is 1. The van der Waals surface area contributed by atoms with Crippen LogP contribution in [0.1, 0.15) is 11.3 Å². The molecule has 3 heteroatoms. The first-order valence-electron chi connectivity index (χ1n) is 6.73. The number of anilines is 1. The number of aromatic nitrogens is 2. The Balaban J connectivity index is 1.76. The largest absolute Gasteiger partial charge is 0.352 e. The molecule has 0 aliphatic carbocycles. The lowest BCUT2D eigenvalue weighted by molar-refractivity contribution is 1.09. The average Bonchev–Trinajstić information content (AvgIpc) is 2.88. The maximum Gasteiger partial charge on any atom is 0.201 e. The van der Waals surface area contributed by atoms with Crippen LogP contribution >= 0.6 is 0 Å². The van der Waals surface area contributed by atoms with Crippen LogP contribution in [0.15, 0.2) is 60.7 Å². The Morgan fingerprint density at radius 3 is 2.30 bits per heavy atom. The van der Waals surface area contributed by atoms with Gasteiger partial charge in [-0.25, -0.2) is 4.98 Å². The molecule has 20 heavy (non-hydrogen) atoms. The third-order valence-electron chi connectivity index (χ3n) is 3.23. The summed E-state index contributed by atoms with van der Waals surface area (Å²) in [6.45, 7) is 2.81. The van der Waals surface area contributed by atoms with Crippen LogP contribution in [0, 0.1) is 6.92 Å². The van der Waals surface area contributed by atoms with E-state index in [1.54, 1.807) is 0 Å². The number of aromatic amines is 1. The molecule has 1 heterocycles. The van der Waals surface area contributed by atoms with Crippen LogP contribution in [0.5, 0.6) is 0 Å². The molecular weight excluding hydrogens is 246 g/mol. The molecule has 0 saturated carbocycles. The van der Waals surface area contributed by atoms with E-state index in [0.29, 0.717) is 0 Å². The molecule has 3 rings (SSSR count). The zero-order valence-electron chi connectivity index (χ0n) is 11.4. The molecule has 100 valence electrons. The summed E-state index contributed by atoms with van der Waals surface area (Å²) in [6, 6.07) is 20.5.